The van der Waals surface area contributed by atoms with Crippen LogP contribution in [0, 0.1) is 0 Å². The van der Waals surface area contributed by atoms with E-state index >= 15 is 0 Å². The van der Waals surface area contributed by atoms with Crippen molar-refractivity contribution in [2.45, 2.75) is 12.0 Å². The molecule has 7 nitrogen and oxygen atoms in total. The second kappa shape index (κ2) is 5.25. The van der Waals surface area contributed by atoms with E-state index in [1.807, 2.05) is 0 Å². The van der Waals surface area contributed by atoms with Crippen LogP contribution in [0.1, 0.15) is 6.42 Å². The van der Waals surface area contributed by atoms with E-state index < -0.39 is 5.60 Å². The van der Waals surface area contributed by atoms with Crippen molar-refractivity contribution in [1.29, 1.82) is 0 Å². The van der Waals surface area contributed by atoms with Crippen molar-refractivity contribution in [3.8, 4) is 0 Å². The topological polar surface area (TPSA) is 89.3 Å². The molecule has 1 aliphatic rings. The summed E-state index contributed by atoms with van der Waals surface area (Å²) in [6.45, 7) is 1.01. The number of aliphatic hydroxyl groups is 1. The molecular weight excluding hydrogens is 296 g/mol. The molecule has 1 aliphatic heterocycles. The third-order valence-electron chi connectivity index (χ3n) is 3.63. The molecule has 0 bridgehead atoms. The van der Waals surface area contributed by atoms with Gasteiger partial charge in [-0.15, -0.1) is 10.2 Å². The maximum Gasteiger partial charge on any atom is 0.262 e. The van der Waals surface area contributed by atoms with E-state index in [0.717, 1.165) is 0 Å². The monoisotopic (exact) mass is 310 g/mol. The Bertz CT molecular complexity index is 740. The Labute approximate surface area is 125 Å². The van der Waals surface area contributed by atoms with Gasteiger partial charge in [0.15, 0.2) is 11.0 Å². The first-order valence-corrected chi connectivity index (χ1v) is 6.93. The Kier molecular flexibility index (Phi) is 3.56. The summed E-state index contributed by atoms with van der Waals surface area (Å²) in [5.41, 5.74) is -1.17. The van der Waals surface area contributed by atoms with Crippen LogP contribution in [0.4, 0.5) is 5.82 Å². The molecule has 1 unspecified atom stereocenters. The van der Waals surface area contributed by atoms with E-state index in [0.29, 0.717) is 29.6 Å². The van der Waals surface area contributed by atoms with Crippen molar-refractivity contribution in [3.63, 3.8) is 0 Å². The van der Waals surface area contributed by atoms with E-state index in [2.05, 4.69) is 15.5 Å². The molecular formula is C13H15ClN4O3. The van der Waals surface area contributed by atoms with Gasteiger partial charge in [0, 0.05) is 38.2 Å². The molecule has 2 aromatic rings. The summed E-state index contributed by atoms with van der Waals surface area (Å²) < 4.78 is 6.63. The summed E-state index contributed by atoms with van der Waals surface area (Å²) in [5.74, 6) is 0.316. The molecule has 0 aromatic carbocycles. The second-order valence-electron chi connectivity index (χ2n) is 5.24. The lowest BCUT2D eigenvalue weighted by Gasteiger charge is -2.21. The van der Waals surface area contributed by atoms with E-state index in [1.54, 1.807) is 19.3 Å². The van der Waals surface area contributed by atoms with Crippen LogP contribution in [0.3, 0.4) is 0 Å². The molecule has 21 heavy (non-hydrogen) atoms. The molecule has 2 aromatic heterocycles. The number of aromatic nitrogens is 3. The average molecular weight is 311 g/mol. The highest BCUT2D eigenvalue weighted by atomic mass is 35.5. The largest absolute Gasteiger partial charge is 0.386 e. The summed E-state index contributed by atoms with van der Waals surface area (Å²) >= 11 is 5.99. The summed E-state index contributed by atoms with van der Waals surface area (Å²) in [5, 5.41) is 22.1. The smallest absolute Gasteiger partial charge is 0.262 e. The van der Waals surface area contributed by atoms with Crippen LogP contribution in [-0.2, 0) is 11.8 Å². The molecule has 1 fully saturated rings. The SMILES string of the molecule is Cn1ccc2c(Cl)nnc(NCC3(O)CCOC3)c2c1=O. The Morgan fingerprint density at radius 1 is 1.57 bits per heavy atom. The van der Waals surface area contributed by atoms with Gasteiger partial charge >= 0.3 is 0 Å². The van der Waals surface area contributed by atoms with Crippen molar-refractivity contribution >= 4 is 28.2 Å². The van der Waals surface area contributed by atoms with Crippen molar-refractivity contribution < 1.29 is 9.84 Å². The number of anilines is 1. The molecule has 3 rings (SSSR count). The highest BCUT2D eigenvalue weighted by Crippen LogP contribution is 2.24. The minimum atomic E-state index is -0.951. The lowest BCUT2D eigenvalue weighted by atomic mass is 10.0. The zero-order valence-electron chi connectivity index (χ0n) is 11.5. The standard InChI is InChI=1S/C13H15ClN4O3/c1-18-4-2-8-9(12(18)19)11(17-16-10(8)14)15-6-13(20)3-5-21-7-13/h2,4,20H,3,5-7H2,1H3,(H,15,17). The van der Waals surface area contributed by atoms with Crippen molar-refractivity contribution in [3.05, 3.63) is 27.8 Å². The lowest BCUT2D eigenvalue weighted by molar-refractivity contribution is 0.0381. The molecule has 0 amide bonds. The molecule has 112 valence electrons. The number of rotatable bonds is 3. The third-order valence-corrected chi connectivity index (χ3v) is 3.91. The fourth-order valence-electron chi connectivity index (χ4n) is 2.34. The van der Waals surface area contributed by atoms with Gasteiger partial charge in [0.2, 0.25) is 0 Å². The minimum Gasteiger partial charge on any atom is -0.386 e. The zero-order valence-corrected chi connectivity index (χ0v) is 12.2. The Hall–Kier alpha value is -1.70. The van der Waals surface area contributed by atoms with Gasteiger partial charge in [-0.25, -0.2) is 0 Å². The number of fused-ring (bicyclic) bond motifs is 1. The molecule has 0 radical (unpaired) electrons. The normalized spacial score (nSPS) is 21.9. The van der Waals surface area contributed by atoms with Crippen LogP contribution in [0.25, 0.3) is 10.8 Å². The van der Waals surface area contributed by atoms with Gasteiger partial charge in [-0.1, -0.05) is 11.6 Å². The first kappa shape index (κ1) is 14.2. The first-order chi connectivity index (χ1) is 10.0. The third kappa shape index (κ3) is 2.59. The molecule has 2 N–H and O–H groups in total. The van der Waals surface area contributed by atoms with Gasteiger partial charge in [-0.2, -0.15) is 0 Å². The molecule has 0 aliphatic carbocycles. The molecule has 1 atom stereocenters. The van der Waals surface area contributed by atoms with E-state index in [9.17, 15) is 9.90 Å². The van der Waals surface area contributed by atoms with Gasteiger partial charge in [0.1, 0.15) is 5.60 Å². The first-order valence-electron chi connectivity index (χ1n) is 6.56. The Balaban J connectivity index is 2.00. The molecule has 0 saturated carbocycles. The van der Waals surface area contributed by atoms with Gasteiger partial charge in [-0.05, 0) is 6.07 Å². The second-order valence-corrected chi connectivity index (χ2v) is 5.60. The summed E-state index contributed by atoms with van der Waals surface area (Å²) in [7, 11) is 1.65. The van der Waals surface area contributed by atoms with Crippen LogP contribution < -0.4 is 10.9 Å². The number of nitrogens with zero attached hydrogens (tertiary/aromatic N) is 3. The van der Waals surface area contributed by atoms with Gasteiger partial charge in [-0.3, -0.25) is 4.79 Å². The van der Waals surface area contributed by atoms with Crippen LogP contribution >= 0.6 is 11.6 Å². The van der Waals surface area contributed by atoms with Crippen LogP contribution in [0.15, 0.2) is 17.1 Å². The number of hydrogen-bond acceptors (Lipinski definition) is 6. The zero-order chi connectivity index (χ0) is 15.0. The number of nitrogens with one attached hydrogen (secondary N) is 1. The van der Waals surface area contributed by atoms with Gasteiger partial charge in [0.05, 0.1) is 12.0 Å². The molecule has 3 heterocycles. The van der Waals surface area contributed by atoms with E-state index in [1.165, 1.54) is 4.57 Å². The van der Waals surface area contributed by atoms with Gasteiger partial charge in [0.25, 0.3) is 5.56 Å². The molecule has 0 spiro atoms. The average Bonchev–Trinajstić information content (AvgIpc) is 2.89. The predicted octanol–water partition coefficient (Wildman–Crippen LogP) is 0.545. The summed E-state index contributed by atoms with van der Waals surface area (Å²) in [6, 6.07) is 1.71. The van der Waals surface area contributed by atoms with Crippen LogP contribution in [0.5, 0.6) is 0 Å². The Morgan fingerprint density at radius 2 is 2.38 bits per heavy atom. The van der Waals surface area contributed by atoms with Crippen LogP contribution in [0.2, 0.25) is 5.15 Å². The van der Waals surface area contributed by atoms with Crippen molar-refractivity contribution in [1.82, 2.24) is 14.8 Å². The maximum absolute atomic E-state index is 12.3. The highest BCUT2D eigenvalue weighted by Gasteiger charge is 2.32. The lowest BCUT2D eigenvalue weighted by Crippen LogP contribution is -2.37. The minimum absolute atomic E-state index is 0.177. The Morgan fingerprint density at radius 3 is 3.10 bits per heavy atom. The summed E-state index contributed by atoms with van der Waals surface area (Å²) in [4.78, 5) is 12.3. The van der Waals surface area contributed by atoms with Crippen molar-refractivity contribution in [2.75, 3.05) is 25.1 Å². The van der Waals surface area contributed by atoms with Crippen molar-refractivity contribution in [2.24, 2.45) is 7.05 Å². The maximum atomic E-state index is 12.3. The number of pyridine rings is 1. The van der Waals surface area contributed by atoms with Crippen LogP contribution in [-0.4, -0.2) is 45.2 Å². The highest BCUT2D eigenvalue weighted by molar-refractivity contribution is 6.34. The molecule has 8 heteroatoms. The fourth-order valence-corrected chi connectivity index (χ4v) is 2.53. The predicted molar refractivity (Wildman–Crippen MR) is 78.7 cm³/mol. The summed E-state index contributed by atoms with van der Waals surface area (Å²) in [6.07, 6.45) is 2.16. The van der Waals surface area contributed by atoms with E-state index in [4.69, 9.17) is 16.3 Å². The van der Waals surface area contributed by atoms with E-state index in [-0.39, 0.29) is 23.9 Å². The number of hydrogen-bond donors (Lipinski definition) is 2. The quantitative estimate of drug-likeness (QED) is 0.860. The molecule has 1 saturated heterocycles. The van der Waals surface area contributed by atoms with Gasteiger partial charge < -0.3 is 19.7 Å². The number of ether oxygens (including phenoxy) is 1. The fraction of sp³-hybridized carbons (Fsp3) is 0.462. The number of halogens is 1. The number of aryl methyl sites for hydroxylation is 1.